The minimum Gasteiger partial charge on any atom is -0.284 e. The Hall–Kier alpha value is -2.26. The lowest BCUT2D eigenvalue weighted by Crippen LogP contribution is -2.35. The summed E-state index contributed by atoms with van der Waals surface area (Å²) in [5, 5.41) is 2.02. The second-order valence-corrected chi connectivity index (χ2v) is 4.89. The van der Waals surface area contributed by atoms with Gasteiger partial charge in [0.25, 0.3) is 0 Å². The van der Waals surface area contributed by atoms with E-state index in [0.717, 1.165) is 18.7 Å². The molecule has 3 aliphatic rings. The number of nitrogens with one attached hydrogen (secondary N) is 2. The van der Waals surface area contributed by atoms with Gasteiger partial charge in [0, 0.05) is 6.54 Å². The maximum Gasteiger partial charge on any atom is 0.0811 e. The van der Waals surface area contributed by atoms with E-state index in [9.17, 15) is 0 Å². The highest BCUT2D eigenvalue weighted by atomic mass is 15.7. The fraction of sp³-hybridized carbons (Fsp3) is 0.125. The van der Waals surface area contributed by atoms with Crippen molar-refractivity contribution in [3.05, 3.63) is 77.1 Å². The van der Waals surface area contributed by atoms with Gasteiger partial charge >= 0.3 is 0 Å². The molecule has 0 unspecified atom stereocenters. The largest absolute Gasteiger partial charge is 0.284 e. The first-order chi connectivity index (χ1) is 9.42. The van der Waals surface area contributed by atoms with Crippen LogP contribution in [0, 0.1) is 0 Å². The highest BCUT2D eigenvalue weighted by Gasteiger charge is 2.30. The van der Waals surface area contributed by atoms with Crippen LogP contribution < -0.4 is 10.9 Å². The fourth-order valence-electron chi connectivity index (χ4n) is 2.78. The van der Waals surface area contributed by atoms with Crippen molar-refractivity contribution in [3.63, 3.8) is 0 Å². The summed E-state index contributed by atoms with van der Waals surface area (Å²) >= 11 is 0. The van der Waals surface area contributed by atoms with Crippen LogP contribution in [0.1, 0.15) is 6.42 Å². The number of allylic oxidation sites excluding steroid dienone is 6. The van der Waals surface area contributed by atoms with Gasteiger partial charge in [0.1, 0.15) is 0 Å². The normalized spacial score (nSPS) is 20.1. The molecule has 0 radical (unpaired) electrons. The van der Waals surface area contributed by atoms with E-state index in [1.54, 1.807) is 0 Å². The van der Waals surface area contributed by atoms with Gasteiger partial charge < -0.3 is 0 Å². The molecule has 1 fully saturated rings. The summed E-state index contributed by atoms with van der Waals surface area (Å²) in [6.07, 6.45) is 9.85. The number of hydrazine groups is 2. The van der Waals surface area contributed by atoms with E-state index in [-0.39, 0.29) is 0 Å². The van der Waals surface area contributed by atoms with Crippen LogP contribution in [0.15, 0.2) is 77.1 Å². The molecule has 0 spiro atoms. The van der Waals surface area contributed by atoms with Crippen molar-refractivity contribution < 1.29 is 0 Å². The predicted octanol–water partition coefficient (Wildman–Crippen LogP) is 2.91. The molecule has 1 heterocycles. The number of anilines is 1. The van der Waals surface area contributed by atoms with Crippen LogP contribution in [0.4, 0.5) is 5.69 Å². The molecule has 3 nitrogen and oxygen atoms in total. The molecule has 0 saturated carbocycles. The zero-order chi connectivity index (χ0) is 12.7. The third-order valence-corrected chi connectivity index (χ3v) is 3.72. The predicted molar refractivity (Wildman–Crippen MR) is 76.9 cm³/mol. The van der Waals surface area contributed by atoms with Gasteiger partial charge in [-0.1, -0.05) is 36.4 Å². The average molecular weight is 249 g/mol. The molecule has 4 rings (SSSR count). The molecule has 1 aromatic carbocycles. The average Bonchev–Trinajstić information content (AvgIpc) is 3.00. The Bertz CT molecular complexity index is 635. The molecule has 0 amide bonds. The van der Waals surface area contributed by atoms with Gasteiger partial charge in [0.2, 0.25) is 0 Å². The van der Waals surface area contributed by atoms with Crippen molar-refractivity contribution in [2.75, 3.05) is 12.0 Å². The van der Waals surface area contributed by atoms with Crippen molar-refractivity contribution in [1.82, 2.24) is 10.5 Å². The number of fused-ring (bicyclic) bond motifs is 2. The highest BCUT2D eigenvalue weighted by molar-refractivity contribution is 5.63. The monoisotopic (exact) mass is 249 g/mol. The first kappa shape index (κ1) is 10.6. The summed E-state index contributed by atoms with van der Waals surface area (Å²) in [5.74, 6) is 0. The molecule has 19 heavy (non-hydrogen) atoms. The second-order valence-electron chi connectivity index (χ2n) is 4.89. The van der Waals surface area contributed by atoms with Crippen molar-refractivity contribution in [2.45, 2.75) is 6.42 Å². The molecule has 0 bridgehead atoms. The van der Waals surface area contributed by atoms with Crippen molar-refractivity contribution >= 4 is 5.69 Å². The standard InChI is InChI=1S/C16H15N3/c1-2-7-13(8-3-1)18-19-16-10-12-6-4-5-9-14(12)15(16)11-17-19/h1-8,10,17-18H,9,11H2. The summed E-state index contributed by atoms with van der Waals surface area (Å²) in [4.78, 5) is 0. The number of para-hydroxylation sites is 1. The van der Waals surface area contributed by atoms with Gasteiger partial charge in [-0.05, 0) is 41.3 Å². The Labute approximate surface area is 112 Å². The minimum atomic E-state index is 0.895. The molecular formula is C16H15N3. The number of hydrogen-bond acceptors (Lipinski definition) is 3. The van der Waals surface area contributed by atoms with Crippen LogP contribution in [-0.2, 0) is 0 Å². The first-order valence-corrected chi connectivity index (χ1v) is 6.58. The quantitative estimate of drug-likeness (QED) is 0.844. The minimum absolute atomic E-state index is 0.895. The molecule has 94 valence electrons. The van der Waals surface area contributed by atoms with Gasteiger partial charge in [-0.15, -0.1) is 0 Å². The Balaban J connectivity index is 1.63. The second kappa shape index (κ2) is 4.14. The number of benzene rings is 1. The van der Waals surface area contributed by atoms with Gasteiger partial charge in [0.05, 0.1) is 11.4 Å². The van der Waals surface area contributed by atoms with E-state index in [2.05, 4.69) is 47.3 Å². The lowest BCUT2D eigenvalue weighted by Gasteiger charge is -2.21. The maximum atomic E-state index is 3.39. The Morgan fingerprint density at radius 2 is 2.00 bits per heavy atom. The fourth-order valence-corrected chi connectivity index (χ4v) is 2.78. The molecule has 1 saturated heterocycles. The van der Waals surface area contributed by atoms with Gasteiger partial charge in [0.15, 0.2) is 0 Å². The number of nitrogens with zero attached hydrogens (tertiary/aromatic N) is 1. The smallest absolute Gasteiger partial charge is 0.0811 e. The highest BCUT2D eigenvalue weighted by Crippen LogP contribution is 2.38. The van der Waals surface area contributed by atoms with Crippen LogP contribution in [0.25, 0.3) is 0 Å². The van der Waals surface area contributed by atoms with Gasteiger partial charge in [-0.2, -0.15) is 0 Å². The summed E-state index contributed by atoms with van der Waals surface area (Å²) in [6.45, 7) is 0.895. The summed E-state index contributed by atoms with van der Waals surface area (Å²) < 4.78 is 0. The van der Waals surface area contributed by atoms with E-state index < -0.39 is 0 Å². The topological polar surface area (TPSA) is 27.3 Å². The molecule has 2 N–H and O–H groups in total. The van der Waals surface area contributed by atoms with Crippen LogP contribution in [0.2, 0.25) is 0 Å². The Kier molecular flexibility index (Phi) is 2.32. The molecule has 1 aromatic rings. The van der Waals surface area contributed by atoms with Crippen LogP contribution in [0.3, 0.4) is 0 Å². The van der Waals surface area contributed by atoms with Gasteiger partial charge in [-0.25, -0.2) is 10.5 Å². The van der Waals surface area contributed by atoms with E-state index in [0.29, 0.717) is 0 Å². The van der Waals surface area contributed by atoms with Crippen molar-refractivity contribution in [2.24, 2.45) is 0 Å². The van der Waals surface area contributed by atoms with Crippen LogP contribution in [0.5, 0.6) is 0 Å². The molecule has 0 aromatic heterocycles. The summed E-state index contributed by atoms with van der Waals surface area (Å²) in [6, 6.07) is 10.2. The lowest BCUT2D eigenvalue weighted by molar-refractivity contribution is 0.359. The zero-order valence-electron chi connectivity index (χ0n) is 10.6. The first-order valence-electron chi connectivity index (χ1n) is 6.58. The molecule has 1 aliphatic heterocycles. The SMILES string of the molecule is C1=CCC2=C3CNN(Nc4ccccc4)C3=CC2=C1. The van der Waals surface area contributed by atoms with E-state index in [4.69, 9.17) is 0 Å². The van der Waals surface area contributed by atoms with Gasteiger partial charge in [-0.3, -0.25) is 5.43 Å². The summed E-state index contributed by atoms with van der Waals surface area (Å²) in [5.41, 5.74) is 13.3. The number of hydrogen-bond donors (Lipinski definition) is 2. The zero-order valence-corrected chi connectivity index (χ0v) is 10.6. The molecule has 2 aliphatic carbocycles. The lowest BCUT2D eigenvalue weighted by atomic mass is 9.99. The van der Waals surface area contributed by atoms with E-state index >= 15 is 0 Å². The summed E-state index contributed by atoms with van der Waals surface area (Å²) in [7, 11) is 0. The Morgan fingerprint density at radius 3 is 2.89 bits per heavy atom. The number of rotatable bonds is 2. The van der Waals surface area contributed by atoms with Crippen LogP contribution in [-0.4, -0.2) is 11.7 Å². The molecule has 3 heteroatoms. The van der Waals surface area contributed by atoms with Crippen molar-refractivity contribution in [3.8, 4) is 0 Å². The molecular weight excluding hydrogens is 234 g/mol. The Morgan fingerprint density at radius 1 is 1.11 bits per heavy atom. The van der Waals surface area contributed by atoms with E-state index in [1.807, 2.05) is 23.3 Å². The van der Waals surface area contributed by atoms with Crippen molar-refractivity contribution in [1.29, 1.82) is 0 Å². The third kappa shape index (κ3) is 1.71. The van der Waals surface area contributed by atoms with Crippen LogP contribution >= 0.6 is 0 Å². The molecule has 0 atom stereocenters. The third-order valence-electron chi connectivity index (χ3n) is 3.72. The van der Waals surface area contributed by atoms with E-state index in [1.165, 1.54) is 22.4 Å². The maximum absolute atomic E-state index is 3.39.